The van der Waals surface area contributed by atoms with Gasteiger partial charge in [0.05, 0.1) is 4.92 Å². The van der Waals surface area contributed by atoms with Gasteiger partial charge < -0.3 is 4.74 Å². The Morgan fingerprint density at radius 3 is 2.33 bits per heavy atom. The van der Waals surface area contributed by atoms with E-state index in [2.05, 4.69) is 32.6 Å². The highest BCUT2D eigenvalue weighted by Crippen LogP contribution is 2.18. The van der Waals surface area contributed by atoms with Gasteiger partial charge in [0.25, 0.3) is 5.69 Å². The Kier molecular flexibility index (Phi) is 6.30. The van der Waals surface area contributed by atoms with E-state index in [0.29, 0.717) is 18.6 Å². The molecule has 0 saturated carbocycles. The summed E-state index contributed by atoms with van der Waals surface area (Å²) in [6, 6.07) is 6.49. The SMILES string of the molecule is CC(C)N(CCOC(=O)c1ccccc1[N+](=O)[O-])C(C)C. The van der Waals surface area contributed by atoms with Gasteiger partial charge in [-0.25, -0.2) is 4.79 Å². The maximum absolute atomic E-state index is 11.9. The summed E-state index contributed by atoms with van der Waals surface area (Å²) in [5, 5.41) is 10.9. The van der Waals surface area contributed by atoms with Crippen molar-refractivity contribution in [3.63, 3.8) is 0 Å². The second-order valence-electron chi connectivity index (χ2n) is 5.34. The number of nitro benzene ring substituents is 1. The van der Waals surface area contributed by atoms with E-state index in [1.807, 2.05) is 0 Å². The molecule has 0 amide bonds. The minimum absolute atomic E-state index is 0.0110. The molecule has 0 aliphatic heterocycles. The fourth-order valence-electron chi connectivity index (χ4n) is 2.24. The van der Waals surface area contributed by atoms with Crippen molar-refractivity contribution in [1.82, 2.24) is 4.90 Å². The third kappa shape index (κ3) is 4.82. The van der Waals surface area contributed by atoms with Gasteiger partial charge in [-0.1, -0.05) is 12.1 Å². The van der Waals surface area contributed by atoms with Gasteiger partial charge in [-0.3, -0.25) is 15.0 Å². The lowest BCUT2D eigenvalue weighted by Crippen LogP contribution is -2.39. The van der Waals surface area contributed by atoms with Crippen LogP contribution in [0.2, 0.25) is 0 Å². The minimum Gasteiger partial charge on any atom is -0.461 e. The Hall–Kier alpha value is -1.95. The molecule has 6 heteroatoms. The van der Waals surface area contributed by atoms with Crippen LogP contribution in [0, 0.1) is 10.1 Å². The molecule has 0 fully saturated rings. The van der Waals surface area contributed by atoms with E-state index in [1.54, 1.807) is 6.07 Å². The molecule has 1 aromatic rings. The maximum Gasteiger partial charge on any atom is 0.345 e. The van der Waals surface area contributed by atoms with Gasteiger partial charge in [-0.05, 0) is 33.8 Å². The number of nitro groups is 1. The molecule has 21 heavy (non-hydrogen) atoms. The van der Waals surface area contributed by atoms with E-state index in [4.69, 9.17) is 4.74 Å². The van der Waals surface area contributed by atoms with Crippen molar-refractivity contribution in [2.24, 2.45) is 0 Å². The number of hydrogen-bond acceptors (Lipinski definition) is 5. The van der Waals surface area contributed by atoms with Gasteiger partial charge in [0.2, 0.25) is 0 Å². The molecule has 0 aliphatic carbocycles. The van der Waals surface area contributed by atoms with E-state index >= 15 is 0 Å². The summed E-state index contributed by atoms with van der Waals surface area (Å²) in [5.74, 6) is -0.658. The van der Waals surface area contributed by atoms with Crippen LogP contribution in [0.3, 0.4) is 0 Å². The molecule has 0 unspecified atom stereocenters. The number of carbonyl (C=O) groups is 1. The van der Waals surface area contributed by atoms with Crippen molar-refractivity contribution in [2.75, 3.05) is 13.2 Å². The van der Waals surface area contributed by atoms with Crippen molar-refractivity contribution in [3.8, 4) is 0 Å². The van der Waals surface area contributed by atoms with Crippen molar-refractivity contribution in [3.05, 3.63) is 39.9 Å². The standard InChI is InChI=1S/C15H22N2O4/c1-11(2)16(12(3)4)9-10-21-15(18)13-7-5-6-8-14(13)17(19)20/h5-8,11-12H,9-10H2,1-4H3. The lowest BCUT2D eigenvalue weighted by molar-refractivity contribution is -0.385. The normalized spacial score (nSPS) is 11.2. The summed E-state index contributed by atoms with van der Waals surface area (Å²) in [6.07, 6.45) is 0. The monoisotopic (exact) mass is 294 g/mol. The first-order valence-electron chi connectivity index (χ1n) is 7.01. The summed E-state index contributed by atoms with van der Waals surface area (Å²) in [5.41, 5.74) is -0.241. The van der Waals surface area contributed by atoms with Crippen LogP contribution < -0.4 is 0 Å². The second-order valence-corrected chi connectivity index (χ2v) is 5.34. The molecule has 0 saturated heterocycles. The van der Waals surface area contributed by atoms with Crippen molar-refractivity contribution in [2.45, 2.75) is 39.8 Å². The van der Waals surface area contributed by atoms with E-state index < -0.39 is 10.9 Å². The molecule has 1 rings (SSSR count). The van der Waals surface area contributed by atoms with E-state index in [1.165, 1.54) is 18.2 Å². The largest absolute Gasteiger partial charge is 0.461 e. The molecule has 6 nitrogen and oxygen atoms in total. The van der Waals surface area contributed by atoms with Crippen LogP contribution in [0.4, 0.5) is 5.69 Å². The molecule has 0 atom stereocenters. The van der Waals surface area contributed by atoms with Crippen LogP contribution in [-0.4, -0.2) is 41.0 Å². The fraction of sp³-hybridized carbons (Fsp3) is 0.533. The zero-order chi connectivity index (χ0) is 16.0. The Bertz CT molecular complexity index is 492. The Morgan fingerprint density at radius 2 is 1.81 bits per heavy atom. The lowest BCUT2D eigenvalue weighted by Gasteiger charge is -2.30. The first-order valence-corrected chi connectivity index (χ1v) is 7.01. The number of benzene rings is 1. The molecule has 0 spiro atoms. The first-order chi connectivity index (χ1) is 9.84. The quantitative estimate of drug-likeness (QED) is 0.439. The fourth-order valence-corrected chi connectivity index (χ4v) is 2.24. The van der Waals surface area contributed by atoms with Crippen molar-refractivity contribution < 1.29 is 14.5 Å². The molecule has 0 aliphatic rings. The number of ether oxygens (including phenoxy) is 1. The van der Waals surface area contributed by atoms with Crippen LogP contribution in [0.1, 0.15) is 38.1 Å². The van der Waals surface area contributed by atoms with Crippen LogP contribution >= 0.6 is 0 Å². The Balaban J connectivity index is 2.65. The summed E-state index contributed by atoms with van der Waals surface area (Å²) >= 11 is 0. The molecule has 0 heterocycles. The van der Waals surface area contributed by atoms with Crippen molar-refractivity contribution in [1.29, 1.82) is 0 Å². The Labute approximate surface area is 124 Å². The van der Waals surface area contributed by atoms with Gasteiger partial charge in [0.1, 0.15) is 12.2 Å². The molecule has 0 bridgehead atoms. The molecular weight excluding hydrogens is 272 g/mol. The maximum atomic E-state index is 11.9. The van der Waals surface area contributed by atoms with E-state index in [0.717, 1.165) is 0 Å². The molecule has 1 aromatic carbocycles. The van der Waals surface area contributed by atoms with Crippen LogP contribution in [-0.2, 0) is 4.74 Å². The number of para-hydroxylation sites is 1. The number of nitrogens with zero attached hydrogens (tertiary/aromatic N) is 2. The number of rotatable bonds is 7. The predicted octanol–water partition coefficient (Wildman–Crippen LogP) is 2.87. The number of esters is 1. The highest BCUT2D eigenvalue weighted by molar-refractivity contribution is 5.93. The third-order valence-electron chi connectivity index (χ3n) is 3.23. The molecule has 0 aromatic heterocycles. The molecule has 116 valence electrons. The highest BCUT2D eigenvalue weighted by Gasteiger charge is 2.21. The summed E-state index contributed by atoms with van der Waals surface area (Å²) in [6.45, 7) is 9.10. The average Bonchev–Trinajstić information content (AvgIpc) is 2.42. The van der Waals surface area contributed by atoms with Gasteiger partial charge >= 0.3 is 5.97 Å². The second kappa shape index (κ2) is 7.73. The van der Waals surface area contributed by atoms with Crippen molar-refractivity contribution >= 4 is 11.7 Å². The van der Waals surface area contributed by atoms with Crippen LogP contribution in [0.15, 0.2) is 24.3 Å². The van der Waals surface area contributed by atoms with Crippen LogP contribution in [0.25, 0.3) is 0 Å². The third-order valence-corrected chi connectivity index (χ3v) is 3.23. The smallest absolute Gasteiger partial charge is 0.345 e. The zero-order valence-corrected chi connectivity index (χ0v) is 12.9. The average molecular weight is 294 g/mol. The number of hydrogen-bond donors (Lipinski definition) is 0. The molecule has 0 N–H and O–H groups in total. The number of carbonyl (C=O) groups excluding carboxylic acids is 1. The predicted molar refractivity (Wildman–Crippen MR) is 80.4 cm³/mol. The van der Waals surface area contributed by atoms with Gasteiger partial charge in [0, 0.05) is 24.7 Å². The summed E-state index contributed by atoms with van der Waals surface area (Å²) in [4.78, 5) is 24.4. The summed E-state index contributed by atoms with van der Waals surface area (Å²) in [7, 11) is 0. The van der Waals surface area contributed by atoms with E-state index in [-0.39, 0.29) is 17.9 Å². The Morgan fingerprint density at radius 1 is 1.24 bits per heavy atom. The summed E-state index contributed by atoms with van der Waals surface area (Å²) < 4.78 is 5.16. The zero-order valence-electron chi connectivity index (χ0n) is 12.9. The van der Waals surface area contributed by atoms with Gasteiger partial charge in [-0.2, -0.15) is 0 Å². The first kappa shape index (κ1) is 17.1. The lowest BCUT2D eigenvalue weighted by atomic mass is 10.2. The highest BCUT2D eigenvalue weighted by atomic mass is 16.6. The minimum atomic E-state index is -0.658. The van der Waals surface area contributed by atoms with Gasteiger partial charge in [0.15, 0.2) is 0 Å². The van der Waals surface area contributed by atoms with E-state index in [9.17, 15) is 14.9 Å². The molecule has 0 radical (unpaired) electrons. The van der Waals surface area contributed by atoms with Gasteiger partial charge in [-0.15, -0.1) is 0 Å². The topological polar surface area (TPSA) is 72.7 Å². The van der Waals surface area contributed by atoms with Crippen LogP contribution in [0.5, 0.6) is 0 Å². The molecular formula is C15H22N2O4.